The molecule has 0 radical (unpaired) electrons. The van der Waals surface area contributed by atoms with Crippen LogP contribution in [-0.2, 0) is 0 Å². The van der Waals surface area contributed by atoms with E-state index in [-0.39, 0.29) is 0 Å². The van der Waals surface area contributed by atoms with Crippen LogP contribution in [0.4, 0.5) is 0 Å². The number of likely N-dealkylation sites (tertiary alicyclic amines) is 1. The maximum absolute atomic E-state index is 2.58. The molecule has 0 N–H and O–H groups in total. The number of hydrogen-bond donors (Lipinski definition) is 0. The molecule has 1 aliphatic heterocycles. The van der Waals surface area contributed by atoms with Gasteiger partial charge in [0.2, 0.25) is 0 Å². The average Bonchev–Trinajstić information content (AvgIpc) is 2.08. The van der Waals surface area contributed by atoms with Gasteiger partial charge < -0.3 is 4.90 Å². The van der Waals surface area contributed by atoms with Crippen molar-refractivity contribution in [3.63, 3.8) is 0 Å². The van der Waals surface area contributed by atoms with Crippen LogP contribution in [0.3, 0.4) is 0 Å². The lowest BCUT2D eigenvalue weighted by Gasteiger charge is -2.38. The molecule has 0 aromatic carbocycles. The molecule has 1 rings (SSSR count). The van der Waals surface area contributed by atoms with Gasteiger partial charge in [0, 0.05) is 12.6 Å². The van der Waals surface area contributed by atoms with E-state index < -0.39 is 0 Å². The Labute approximate surface area is 83.5 Å². The van der Waals surface area contributed by atoms with E-state index in [4.69, 9.17) is 0 Å². The van der Waals surface area contributed by atoms with Gasteiger partial charge in [-0.1, -0.05) is 27.2 Å². The van der Waals surface area contributed by atoms with E-state index in [1.54, 1.807) is 0 Å². The van der Waals surface area contributed by atoms with Crippen LogP contribution >= 0.6 is 0 Å². The van der Waals surface area contributed by atoms with Crippen LogP contribution in [-0.4, -0.2) is 24.5 Å². The van der Waals surface area contributed by atoms with Gasteiger partial charge in [-0.3, -0.25) is 0 Å². The molecule has 0 aromatic heterocycles. The maximum Gasteiger partial charge on any atom is 0.00923 e. The monoisotopic (exact) mass is 183 g/mol. The molecule has 0 amide bonds. The van der Waals surface area contributed by atoms with Crippen LogP contribution in [0.1, 0.15) is 46.5 Å². The highest BCUT2D eigenvalue weighted by atomic mass is 15.1. The van der Waals surface area contributed by atoms with Gasteiger partial charge >= 0.3 is 0 Å². The topological polar surface area (TPSA) is 3.24 Å². The van der Waals surface area contributed by atoms with Gasteiger partial charge in [0.15, 0.2) is 0 Å². The first-order chi connectivity index (χ1) is 6.15. The van der Waals surface area contributed by atoms with Crippen LogP contribution < -0.4 is 0 Å². The van der Waals surface area contributed by atoms with Crippen LogP contribution in [0.5, 0.6) is 0 Å². The Bertz CT molecular complexity index is 142. The molecule has 1 fully saturated rings. The Morgan fingerprint density at radius 2 is 2.00 bits per heavy atom. The molecule has 2 atom stereocenters. The lowest BCUT2D eigenvalue weighted by Crippen LogP contribution is -2.41. The lowest BCUT2D eigenvalue weighted by molar-refractivity contribution is 0.107. The first kappa shape index (κ1) is 11.0. The van der Waals surface area contributed by atoms with Gasteiger partial charge in [0.25, 0.3) is 0 Å². The number of piperidine rings is 1. The van der Waals surface area contributed by atoms with E-state index in [1.165, 1.54) is 32.2 Å². The smallest absolute Gasteiger partial charge is 0.00923 e. The molecule has 1 saturated heterocycles. The normalized spacial score (nSPS) is 31.2. The third-order valence-corrected chi connectivity index (χ3v) is 3.58. The largest absolute Gasteiger partial charge is 0.303 e. The molecule has 0 aromatic rings. The van der Waals surface area contributed by atoms with E-state index in [2.05, 4.69) is 32.7 Å². The molecule has 0 spiro atoms. The van der Waals surface area contributed by atoms with Gasteiger partial charge in [-0.15, -0.1) is 0 Å². The summed E-state index contributed by atoms with van der Waals surface area (Å²) < 4.78 is 0. The van der Waals surface area contributed by atoms with Crippen molar-refractivity contribution in [2.24, 2.45) is 11.8 Å². The summed E-state index contributed by atoms with van der Waals surface area (Å²) in [5.41, 5.74) is 0. The quantitative estimate of drug-likeness (QED) is 0.649. The van der Waals surface area contributed by atoms with Crippen molar-refractivity contribution in [2.75, 3.05) is 13.6 Å². The minimum absolute atomic E-state index is 0.866. The van der Waals surface area contributed by atoms with Gasteiger partial charge in [-0.2, -0.15) is 0 Å². The highest BCUT2D eigenvalue weighted by molar-refractivity contribution is 4.80. The Hall–Kier alpha value is -0.0400. The average molecular weight is 183 g/mol. The fourth-order valence-electron chi connectivity index (χ4n) is 2.48. The Morgan fingerprint density at radius 3 is 2.46 bits per heavy atom. The van der Waals surface area contributed by atoms with Crippen molar-refractivity contribution >= 4 is 0 Å². The standard InChI is InChI=1S/C12H25N/c1-5-6-12-8-7-11(10(2)3)9-13(12)4/h10-12H,5-9H2,1-4H3. The van der Waals surface area contributed by atoms with Crippen LogP contribution in [0.25, 0.3) is 0 Å². The van der Waals surface area contributed by atoms with Gasteiger partial charge in [-0.05, 0) is 38.1 Å². The molecule has 1 nitrogen and oxygen atoms in total. The molecule has 2 unspecified atom stereocenters. The second kappa shape index (κ2) is 4.99. The van der Waals surface area contributed by atoms with Crippen molar-refractivity contribution in [3.05, 3.63) is 0 Å². The van der Waals surface area contributed by atoms with Gasteiger partial charge in [0.1, 0.15) is 0 Å². The van der Waals surface area contributed by atoms with Crippen molar-refractivity contribution in [2.45, 2.75) is 52.5 Å². The summed E-state index contributed by atoms with van der Waals surface area (Å²) in [5, 5.41) is 0. The SMILES string of the molecule is CCCC1CCC(C(C)C)CN1C. The lowest BCUT2D eigenvalue weighted by atomic mass is 9.84. The van der Waals surface area contributed by atoms with Crippen molar-refractivity contribution in [1.82, 2.24) is 4.90 Å². The van der Waals surface area contributed by atoms with E-state index in [0.717, 1.165) is 17.9 Å². The van der Waals surface area contributed by atoms with Crippen LogP contribution in [0.2, 0.25) is 0 Å². The van der Waals surface area contributed by atoms with E-state index >= 15 is 0 Å². The van der Waals surface area contributed by atoms with Gasteiger partial charge in [-0.25, -0.2) is 0 Å². The molecule has 78 valence electrons. The van der Waals surface area contributed by atoms with Crippen molar-refractivity contribution < 1.29 is 0 Å². The summed E-state index contributed by atoms with van der Waals surface area (Å²) in [7, 11) is 2.30. The minimum atomic E-state index is 0.866. The second-order valence-electron chi connectivity index (χ2n) is 4.96. The van der Waals surface area contributed by atoms with E-state index in [0.29, 0.717) is 0 Å². The summed E-state index contributed by atoms with van der Waals surface area (Å²) in [4.78, 5) is 2.58. The van der Waals surface area contributed by atoms with Gasteiger partial charge in [0.05, 0.1) is 0 Å². The first-order valence-electron chi connectivity index (χ1n) is 5.85. The number of nitrogens with zero attached hydrogens (tertiary/aromatic N) is 1. The summed E-state index contributed by atoms with van der Waals surface area (Å²) in [6.45, 7) is 8.34. The fraction of sp³-hybridized carbons (Fsp3) is 1.00. The number of hydrogen-bond acceptors (Lipinski definition) is 1. The molecular weight excluding hydrogens is 158 g/mol. The first-order valence-corrected chi connectivity index (χ1v) is 5.85. The predicted octanol–water partition coefficient (Wildman–Crippen LogP) is 3.15. The zero-order valence-electron chi connectivity index (χ0n) is 9.71. The second-order valence-corrected chi connectivity index (χ2v) is 4.96. The fourth-order valence-corrected chi connectivity index (χ4v) is 2.48. The highest BCUT2D eigenvalue weighted by Crippen LogP contribution is 2.27. The summed E-state index contributed by atoms with van der Waals surface area (Å²) in [6.07, 6.45) is 5.60. The molecule has 0 saturated carbocycles. The third kappa shape index (κ3) is 2.98. The zero-order chi connectivity index (χ0) is 9.84. The molecule has 1 aliphatic rings. The van der Waals surface area contributed by atoms with Crippen molar-refractivity contribution in [3.8, 4) is 0 Å². The van der Waals surface area contributed by atoms with E-state index in [9.17, 15) is 0 Å². The molecule has 13 heavy (non-hydrogen) atoms. The Morgan fingerprint density at radius 1 is 1.31 bits per heavy atom. The Balaban J connectivity index is 2.37. The maximum atomic E-state index is 2.58. The predicted molar refractivity (Wildman–Crippen MR) is 58.9 cm³/mol. The van der Waals surface area contributed by atoms with Crippen molar-refractivity contribution in [1.29, 1.82) is 0 Å². The molecule has 1 heterocycles. The summed E-state index contributed by atoms with van der Waals surface area (Å²) in [6, 6.07) is 0.875. The Kier molecular flexibility index (Phi) is 4.24. The summed E-state index contributed by atoms with van der Waals surface area (Å²) in [5.74, 6) is 1.81. The zero-order valence-corrected chi connectivity index (χ0v) is 9.71. The molecule has 1 heteroatoms. The number of rotatable bonds is 3. The molecule has 0 aliphatic carbocycles. The highest BCUT2D eigenvalue weighted by Gasteiger charge is 2.26. The van der Waals surface area contributed by atoms with E-state index in [1.807, 2.05) is 0 Å². The molecular formula is C12H25N. The summed E-state index contributed by atoms with van der Waals surface area (Å²) >= 11 is 0. The van der Waals surface area contributed by atoms with Crippen LogP contribution in [0, 0.1) is 11.8 Å². The van der Waals surface area contributed by atoms with Crippen LogP contribution in [0.15, 0.2) is 0 Å². The minimum Gasteiger partial charge on any atom is -0.303 e. The molecule has 0 bridgehead atoms. The third-order valence-electron chi connectivity index (χ3n) is 3.58.